The van der Waals surface area contributed by atoms with Crippen LogP contribution in [0.2, 0.25) is 0 Å². The summed E-state index contributed by atoms with van der Waals surface area (Å²) in [6.07, 6.45) is 1.61. The van der Waals surface area contributed by atoms with E-state index in [0.29, 0.717) is 39.9 Å². The molecular formula is C21H21NO7. The normalized spacial score (nSPS) is 14.3. The fourth-order valence-corrected chi connectivity index (χ4v) is 2.84. The highest BCUT2D eigenvalue weighted by Crippen LogP contribution is 2.39. The molecule has 0 N–H and O–H groups in total. The lowest BCUT2D eigenvalue weighted by Gasteiger charge is -2.13. The van der Waals surface area contributed by atoms with Crippen molar-refractivity contribution in [2.75, 3.05) is 35.5 Å². The number of methoxy groups -OCH3 is 5. The molecule has 8 nitrogen and oxygen atoms in total. The van der Waals surface area contributed by atoms with E-state index in [-0.39, 0.29) is 11.6 Å². The van der Waals surface area contributed by atoms with Gasteiger partial charge in [-0.2, -0.15) is 0 Å². The maximum Gasteiger partial charge on any atom is 0.363 e. The van der Waals surface area contributed by atoms with Crippen molar-refractivity contribution in [1.82, 2.24) is 0 Å². The summed E-state index contributed by atoms with van der Waals surface area (Å²) in [4.78, 5) is 16.6. The highest BCUT2D eigenvalue weighted by molar-refractivity contribution is 6.13. The first-order chi connectivity index (χ1) is 14.0. The van der Waals surface area contributed by atoms with Gasteiger partial charge in [0.05, 0.1) is 35.5 Å². The summed E-state index contributed by atoms with van der Waals surface area (Å²) in [6, 6.07) is 8.59. The number of carbonyl (C=O) groups is 1. The topological polar surface area (TPSA) is 84.8 Å². The molecule has 8 heteroatoms. The average molecular weight is 399 g/mol. The quantitative estimate of drug-likeness (QED) is 0.522. The number of hydrogen-bond acceptors (Lipinski definition) is 8. The average Bonchev–Trinajstić information content (AvgIpc) is 3.12. The van der Waals surface area contributed by atoms with E-state index >= 15 is 0 Å². The Balaban J connectivity index is 1.99. The van der Waals surface area contributed by atoms with Gasteiger partial charge in [0.25, 0.3) is 0 Å². The number of carbonyl (C=O) groups excluding carboxylic acids is 1. The molecular weight excluding hydrogens is 378 g/mol. The summed E-state index contributed by atoms with van der Waals surface area (Å²) in [5, 5.41) is 0. The Hall–Kier alpha value is -3.68. The lowest BCUT2D eigenvalue weighted by Crippen LogP contribution is -2.06. The minimum absolute atomic E-state index is 0.140. The Kier molecular flexibility index (Phi) is 5.92. The maximum atomic E-state index is 12.3. The molecule has 0 unspecified atom stereocenters. The van der Waals surface area contributed by atoms with Gasteiger partial charge in [0, 0.05) is 5.56 Å². The Morgan fingerprint density at radius 2 is 1.41 bits per heavy atom. The van der Waals surface area contributed by atoms with E-state index in [4.69, 9.17) is 28.4 Å². The number of rotatable bonds is 7. The van der Waals surface area contributed by atoms with Crippen LogP contribution in [0.4, 0.5) is 0 Å². The van der Waals surface area contributed by atoms with Crippen molar-refractivity contribution >= 4 is 17.9 Å². The molecule has 2 aromatic rings. The first-order valence-corrected chi connectivity index (χ1v) is 8.59. The molecule has 0 bridgehead atoms. The van der Waals surface area contributed by atoms with Crippen LogP contribution in [0.25, 0.3) is 6.08 Å². The van der Waals surface area contributed by atoms with Crippen LogP contribution in [-0.2, 0) is 9.53 Å². The minimum Gasteiger partial charge on any atom is -0.493 e. The van der Waals surface area contributed by atoms with Gasteiger partial charge in [-0.25, -0.2) is 9.79 Å². The molecule has 29 heavy (non-hydrogen) atoms. The number of ether oxygens (including phenoxy) is 6. The maximum absolute atomic E-state index is 12.3. The molecule has 1 aliphatic heterocycles. The van der Waals surface area contributed by atoms with Crippen molar-refractivity contribution in [2.24, 2.45) is 4.99 Å². The SMILES string of the molecule is COc1ccc(C=C2N=C(c3cc(OC)c(OC)c(OC)c3)OC2=O)cc1OC. The van der Waals surface area contributed by atoms with Gasteiger partial charge in [0.2, 0.25) is 11.6 Å². The van der Waals surface area contributed by atoms with Gasteiger partial charge in [-0.3, -0.25) is 0 Å². The van der Waals surface area contributed by atoms with Crippen molar-refractivity contribution in [3.63, 3.8) is 0 Å². The number of benzene rings is 2. The summed E-state index contributed by atoms with van der Waals surface area (Å²) in [5.74, 6) is 2.00. The number of nitrogens with zero attached hydrogens (tertiary/aromatic N) is 1. The monoisotopic (exact) mass is 399 g/mol. The molecule has 0 aromatic heterocycles. The molecule has 0 radical (unpaired) electrons. The van der Waals surface area contributed by atoms with Gasteiger partial charge in [-0.15, -0.1) is 0 Å². The Bertz CT molecular complexity index is 970. The fourth-order valence-electron chi connectivity index (χ4n) is 2.84. The van der Waals surface area contributed by atoms with Crippen molar-refractivity contribution in [2.45, 2.75) is 0 Å². The summed E-state index contributed by atoms with van der Waals surface area (Å²) < 4.78 is 31.8. The zero-order chi connectivity index (χ0) is 21.0. The van der Waals surface area contributed by atoms with E-state index in [9.17, 15) is 4.79 Å². The van der Waals surface area contributed by atoms with Crippen LogP contribution in [0.1, 0.15) is 11.1 Å². The number of esters is 1. The van der Waals surface area contributed by atoms with Crippen LogP contribution in [0.5, 0.6) is 28.7 Å². The zero-order valence-corrected chi connectivity index (χ0v) is 16.8. The second kappa shape index (κ2) is 8.55. The molecule has 0 amide bonds. The fraction of sp³-hybridized carbons (Fsp3) is 0.238. The van der Waals surface area contributed by atoms with Crippen LogP contribution in [0.3, 0.4) is 0 Å². The second-order valence-corrected chi connectivity index (χ2v) is 5.86. The van der Waals surface area contributed by atoms with Crippen LogP contribution < -0.4 is 23.7 Å². The summed E-state index contributed by atoms with van der Waals surface area (Å²) in [7, 11) is 7.62. The molecule has 0 atom stereocenters. The van der Waals surface area contributed by atoms with E-state index in [1.54, 1.807) is 50.6 Å². The highest BCUT2D eigenvalue weighted by Gasteiger charge is 2.26. The van der Waals surface area contributed by atoms with Crippen molar-refractivity contribution in [3.05, 3.63) is 47.2 Å². The molecule has 1 heterocycles. The van der Waals surface area contributed by atoms with Crippen molar-refractivity contribution in [1.29, 1.82) is 0 Å². The lowest BCUT2D eigenvalue weighted by atomic mass is 10.1. The standard InChI is InChI=1S/C21H21NO7/c1-24-15-7-6-12(9-16(15)25-2)8-14-21(23)29-20(22-14)13-10-17(26-3)19(28-5)18(11-13)27-4/h6-11H,1-5H3. The largest absolute Gasteiger partial charge is 0.493 e. The summed E-state index contributed by atoms with van der Waals surface area (Å²) in [5.41, 5.74) is 1.38. The van der Waals surface area contributed by atoms with Gasteiger partial charge in [-0.05, 0) is 35.9 Å². The van der Waals surface area contributed by atoms with Gasteiger partial charge in [0.1, 0.15) is 0 Å². The molecule has 2 aromatic carbocycles. The molecule has 0 spiro atoms. The first kappa shape index (κ1) is 20.1. The molecule has 3 rings (SSSR count). The molecule has 0 saturated heterocycles. The molecule has 0 saturated carbocycles. The third-order valence-corrected chi connectivity index (χ3v) is 4.24. The first-order valence-electron chi connectivity index (χ1n) is 8.59. The summed E-state index contributed by atoms with van der Waals surface area (Å²) >= 11 is 0. The van der Waals surface area contributed by atoms with E-state index < -0.39 is 5.97 Å². The van der Waals surface area contributed by atoms with Crippen molar-refractivity contribution < 1.29 is 33.2 Å². The van der Waals surface area contributed by atoms with Crippen LogP contribution in [0.15, 0.2) is 41.0 Å². The van der Waals surface area contributed by atoms with Gasteiger partial charge in [0.15, 0.2) is 28.7 Å². The number of aliphatic imine (C=N–C) groups is 1. The molecule has 0 fully saturated rings. The third-order valence-electron chi connectivity index (χ3n) is 4.24. The Morgan fingerprint density at radius 1 is 0.793 bits per heavy atom. The molecule has 0 aliphatic carbocycles. The Labute approximate surface area is 168 Å². The molecule has 152 valence electrons. The van der Waals surface area contributed by atoms with Crippen molar-refractivity contribution in [3.8, 4) is 28.7 Å². The smallest absolute Gasteiger partial charge is 0.363 e. The van der Waals surface area contributed by atoms with Crippen LogP contribution in [0, 0.1) is 0 Å². The van der Waals surface area contributed by atoms with Gasteiger partial charge in [-0.1, -0.05) is 6.07 Å². The summed E-state index contributed by atoms with van der Waals surface area (Å²) in [6.45, 7) is 0. The van der Waals surface area contributed by atoms with Crippen LogP contribution in [-0.4, -0.2) is 47.4 Å². The van der Waals surface area contributed by atoms with Gasteiger partial charge >= 0.3 is 5.97 Å². The predicted molar refractivity (Wildman–Crippen MR) is 106 cm³/mol. The number of cyclic esters (lactones) is 1. The van der Waals surface area contributed by atoms with Gasteiger partial charge < -0.3 is 28.4 Å². The third kappa shape index (κ3) is 3.96. The van der Waals surface area contributed by atoms with E-state index in [0.717, 1.165) is 0 Å². The molecule has 1 aliphatic rings. The Morgan fingerprint density at radius 3 is 1.97 bits per heavy atom. The minimum atomic E-state index is -0.566. The van der Waals surface area contributed by atoms with E-state index in [1.165, 1.54) is 21.3 Å². The zero-order valence-electron chi connectivity index (χ0n) is 16.8. The lowest BCUT2D eigenvalue weighted by molar-refractivity contribution is -0.129. The number of hydrogen-bond donors (Lipinski definition) is 0. The van der Waals surface area contributed by atoms with E-state index in [1.807, 2.05) is 0 Å². The van der Waals surface area contributed by atoms with Crippen LogP contribution >= 0.6 is 0 Å². The van der Waals surface area contributed by atoms with E-state index in [2.05, 4.69) is 4.99 Å². The highest BCUT2D eigenvalue weighted by atomic mass is 16.6. The second-order valence-electron chi connectivity index (χ2n) is 5.86. The predicted octanol–water partition coefficient (Wildman–Crippen LogP) is 3.07.